The van der Waals surface area contributed by atoms with Crippen molar-refractivity contribution in [1.29, 1.82) is 0 Å². The number of anilines is 1. The first-order valence-corrected chi connectivity index (χ1v) is 7.30. The van der Waals surface area contributed by atoms with Crippen molar-refractivity contribution in [2.24, 2.45) is 0 Å². The summed E-state index contributed by atoms with van der Waals surface area (Å²) in [5.41, 5.74) is 1.88. The third kappa shape index (κ3) is 3.07. The maximum atomic E-state index is 10.1. The lowest BCUT2D eigenvalue weighted by atomic mass is 9.92. The van der Waals surface area contributed by atoms with Gasteiger partial charge in [0.2, 0.25) is 0 Å². The van der Waals surface area contributed by atoms with Gasteiger partial charge in [0.15, 0.2) is 0 Å². The minimum absolute atomic E-state index is 0.226. The molecule has 1 saturated heterocycles. The third-order valence-electron chi connectivity index (χ3n) is 4.31. The highest BCUT2D eigenvalue weighted by atomic mass is 16.5. The molecule has 0 amide bonds. The summed E-state index contributed by atoms with van der Waals surface area (Å²) in [6.07, 6.45) is 1.61. The molecule has 0 spiro atoms. The highest BCUT2D eigenvalue weighted by Crippen LogP contribution is 2.36. The SMILES string of the molecule is CNC(C)c1c(OC)cccc1N1CCC(C)(O)CC1. The Morgan fingerprint density at radius 2 is 2.00 bits per heavy atom. The Hall–Kier alpha value is -1.26. The Morgan fingerprint density at radius 3 is 2.55 bits per heavy atom. The molecule has 2 rings (SSSR count). The van der Waals surface area contributed by atoms with Gasteiger partial charge in [0.05, 0.1) is 12.7 Å². The minimum atomic E-state index is -0.524. The minimum Gasteiger partial charge on any atom is -0.496 e. The van der Waals surface area contributed by atoms with E-state index < -0.39 is 5.60 Å². The molecule has 1 aliphatic rings. The number of hydrogen-bond donors (Lipinski definition) is 2. The molecular formula is C16H26N2O2. The number of piperidine rings is 1. The van der Waals surface area contributed by atoms with Crippen LogP contribution in [0.3, 0.4) is 0 Å². The first-order valence-electron chi connectivity index (χ1n) is 7.30. The highest BCUT2D eigenvalue weighted by molar-refractivity contribution is 5.61. The lowest BCUT2D eigenvalue weighted by molar-refractivity contribution is 0.0351. The molecule has 20 heavy (non-hydrogen) atoms. The molecule has 4 heteroatoms. The van der Waals surface area contributed by atoms with Crippen molar-refractivity contribution in [1.82, 2.24) is 5.32 Å². The summed E-state index contributed by atoms with van der Waals surface area (Å²) in [6.45, 7) is 5.82. The fraction of sp³-hybridized carbons (Fsp3) is 0.625. The first kappa shape index (κ1) is 15.1. The van der Waals surface area contributed by atoms with Gasteiger partial charge in [-0.2, -0.15) is 0 Å². The van der Waals surface area contributed by atoms with Gasteiger partial charge in [0.1, 0.15) is 5.75 Å². The Labute approximate surface area is 121 Å². The molecule has 0 saturated carbocycles. The highest BCUT2D eigenvalue weighted by Gasteiger charge is 2.29. The van der Waals surface area contributed by atoms with E-state index in [4.69, 9.17) is 4.74 Å². The van der Waals surface area contributed by atoms with E-state index in [0.29, 0.717) is 0 Å². The second kappa shape index (κ2) is 6.02. The molecule has 1 fully saturated rings. The molecule has 112 valence electrons. The van der Waals surface area contributed by atoms with Crippen LogP contribution in [0.4, 0.5) is 5.69 Å². The van der Waals surface area contributed by atoms with Gasteiger partial charge in [-0.3, -0.25) is 0 Å². The van der Waals surface area contributed by atoms with Gasteiger partial charge in [-0.1, -0.05) is 6.07 Å². The zero-order valence-corrected chi connectivity index (χ0v) is 12.9. The van der Waals surface area contributed by atoms with E-state index in [1.165, 1.54) is 11.3 Å². The van der Waals surface area contributed by atoms with E-state index in [9.17, 15) is 5.11 Å². The molecule has 1 unspecified atom stereocenters. The summed E-state index contributed by atoms with van der Waals surface area (Å²) in [5, 5.41) is 13.4. The van der Waals surface area contributed by atoms with E-state index >= 15 is 0 Å². The fourth-order valence-electron chi connectivity index (χ4n) is 2.80. The second-order valence-corrected chi connectivity index (χ2v) is 5.89. The predicted molar refractivity (Wildman–Crippen MR) is 82.5 cm³/mol. The molecule has 1 aromatic carbocycles. The molecule has 1 aromatic rings. The summed E-state index contributed by atoms with van der Waals surface area (Å²) in [7, 11) is 3.67. The predicted octanol–water partition coefficient (Wildman–Crippen LogP) is 2.33. The van der Waals surface area contributed by atoms with Gasteiger partial charge in [0.25, 0.3) is 0 Å². The van der Waals surface area contributed by atoms with E-state index in [1.54, 1.807) is 7.11 Å². The average Bonchev–Trinajstić information content (AvgIpc) is 2.45. The molecule has 1 heterocycles. The van der Waals surface area contributed by atoms with Crippen LogP contribution < -0.4 is 15.0 Å². The standard InChI is InChI=1S/C16H26N2O2/c1-12(17-3)15-13(6-5-7-14(15)20-4)18-10-8-16(2,19)9-11-18/h5-7,12,17,19H,8-11H2,1-4H3. The Bertz CT molecular complexity index is 450. The number of hydrogen-bond acceptors (Lipinski definition) is 4. The van der Waals surface area contributed by atoms with E-state index in [2.05, 4.69) is 23.2 Å². The maximum Gasteiger partial charge on any atom is 0.125 e. The van der Waals surface area contributed by atoms with Crippen molar-refractivity contribution in [3.8, 4) is 5.75 Å². The van der Waals surface area contributed by atoms with Crippen LogP contribution in [0.2, 0.25) is 0 Å². The van der Waals surface area contributed by atoms with Crippen LogP contribution in [-0.2, 0) is 0 Å². The molecule has 0 bridgehead atoms. The van der Waals surface area contributed by atoms with Gasteiger partial charge in [-0.15, -0.1) is 0 Å². The zero-order chi connectivity index (χ0) is 14.8. The van der Waals surface area contributed by atoms with Crippen molar-refractivity contribution < 1.29 is 9.84 Å². The Kier molecular flexibility index (Phi) is 4.55. The van der Waals surface area contributed by atoms with Crippen LogP contribution >= 0.6 is 0 Å². The average molecular weight is 278 g/mol. The summed E-state index contributed by atoms with van der Waals surface area (Å²) in [5.74, 6) is 0.918. The van der Waals surface area contributed by atoms with Gasteiger partial charge in [-0.05, 0) is 45.9 Å². The van der Waals surface area contributed by atoms with Crippen LogP contribution in [0.1, 0.15) is 38.3 Å². The van der Waals surface area contributed by atoms with Gasteiger partial charge >= 0.3 is 0 Å². The normalized spacial score (nSPS) is 19.8. The third-order valence-corrected chi connectivity index (χ3v) is 4.31. The van der Waals surface area contributed by atoms with Crippen LogP contribution in [0.15, 0.2) is 18.2 Å². The summed E-state index contributed by atoms with van der Waals surface area (Å²) < 4.78 is 5.52. The van der Waals surface area contributed by atoms with Crippen molar-refractivity contribution in [3.63, 3.8) is 0 Å². The number of benzene rings is 1. The van der Waals surface area contributed by atoms with Gasteiger partial charge in [0, 0.05) is 30.4 Å². The molecule has 1 atom stereocenters. The lowest BCUT2D eigenvalue weighted by Gasteiger charge is -2.38. The number of ether oxygens (including phenoxy) is 1. The van der Waals surface area contributed by atoms with Crippen molar-refractivity contribution in [2.75, 3.05) is 32.1 Å². The number of nitrogens with zero attached hydrogens (tertiary/aromatic N) is 1. The van der Waals surface area contributed by atoms with E-state index in [1.807, 2.05) is 26.1 Å². The van der Waals surface area contributed by atoms with Crippen LogP contribution in [0, 0.1) is 0 Å². The Balaban J connectivity index is 2.32. The molecule has 0 aliphatic carbocycles. The smallest absolute Gasteiger partial charge is 0.125 e. The summed E-state index contributed by atoms with van der Waals surface area (Å²) in [6, 6.07) is 6.41. The first-order chi connectivity index (χ1) is 9.48. The maximum absolute atomic E-state index is 10.1. The molecule has 0 radical (unpaired) electrons. The number of nitrogens with one attached hydrogen (secondary N) is 1. The molecular weight excluding hydrogens is 252 g/mol. The van der Waals surface area contributed by atoms with Crippen LogP contribution in [0.25, 0.3) is 0 Å². The molecule has 1 aliphatic heterocycles. The molecule has 4 nitrogen and oxygen atoms in total. The monoisotopic (exact) mass is 278 g/mol. The summed E-state index contributed by atoms with van der Waals surface area (Å²) in [4.78, 5) is 2.35. The quantitative estimate of drug-likeness (QED) is 0.887. The van der Waals surface area contributed by atoms with Gasteiger partial charge in [-0.25, -0.2) is 0 Å². The number of methoxy groups -OCH3 is 1. The summed E-state index contributed by atoms with van der Waals surface area (Å²) >= 11 is 0. The van der Waals surface area contributed by atoms with Crippen molar-refractivity contribution in [2.45, 2.75) is 38.3 Å². The van der Waals surface area contributed by atoms with Crippen molar-refractivity contribution in [3.05, 3.63) is 23.8 Å². The van der Waals surface area contributed by atoms with Crippen LogP contribution in [0.5, 0.6) is 5.75 Å². The van der Waals surface area contributed by atoms with E-state index in [-0.39, 0.29) is 6.04 Å². The largest absolute Gasteiger partial charge is 0.496 e. The molecule has 2 N–H and O–H groups in total. The van der Waals surface area contributed by atoms with Crippen LogP contribution in [-0.4, -0.2) is 38.0 Å². The Morgan fingerprint density at radius 1 is 1.35 bits per heavy atom. The fourth-order valence-corrected chi connectivity index (χ4v) is 2.80. The number of aliphatic hydroxyl groups is 1. The van der Waals surface area contributed by atoms with E-state index in [0.717, 1.165) is 31.7 Å². The van der Waals surface area contributed by atoms with Gasteiger partial charge < -0.3 is 20.1 Å². The zero-order valence-electron chi connectivity index (χ0n) is 12.9. The number of rotatable bonds is 4. The topological polar surface area (TPSA) is 44.7 Å². The second-order valence-electron chi connectivity index (χ2n) is 5.89. The lowest BCUT2D eigenvalue weighted by Crippen LogP contribution is -2.43. The van der Waals surface area contributed by atoms with Crippen molar-refractivity contribution >= 4 is 5.69 Å². The molecule has 0 aromatic heterocycles.